The molecule has 0 spiro atoms. The van der Waals surface area contributed by atoms with Gasteiger partial charge in [0.2, 0.25) is 11.8 Å². The summed E-state index contributed by atoms with van der Waals surface area (Å²) in [6.07, 6.45) is -0.0117. The number of nitriles is 1. The Balaban J connectivity index is 2.10. The summed E-state index contributed by atoms with van der Waals surface area (Å²) in [4.78, 5) is 11.9. The summed E-state index contributed by atoms with van der Waals surface area (Å²) in [5.41, 5.74) is 8.05. The molecule has 0 radical (unpaired) electrons. The zero-order valence-electron chi connectivity index (χ0n) is 13.4. The Morgan fingerprint density at radius 3 is 2.84 bits per heavy atom. The fraction of sp³-hybridized carbons (Fsp3) is 0.235. The van der Waals surface area contributed by atoms with Crippen molar-refractivity contribution in [1.29, 1.82) is 5.26 Å². The Labute approximate surface area is 149 Å². The molecular formula is C17H15ClN4O3. The van der Waals surface area contributed by atoms with Gasteiger partial charge in [0.25, 0.3) is 0 Å². The number of H-pyrrole nitrogens is 1. The maximum absolute atomic E-state index is 11.9. The minimum absolute atomic E-state index is 0.0101. The molecule has 1 aromatic heterocycles. The average molecular weight is 359 g/mol. The van der Waals surface area contributed by atoms with Crippen LogP contribution in [0.25, 0.3) is 0 Å². The minimum Gasteiger partial charge on any atom is -0.466 e. The molecule has 0 aliphatic carbocycles. The molecule has 3 rings (SSSR count). The van der Waals surface area contributed by atoms with E-state index in [-0.39, 0.29) is 30.4 Å². The maximum atomic E-state index is 11.9. The number of carbonyl (C=O) groups is 1. The third kappa shape index (κ3) is 3.16. The van der Waals surface area contributed by atoms with E-state index in [1.807, 2.05) is 0 Å². The SMILES string of the molecule is CCOC(=O)Cc1[nH]nc2c1[C@@H](c1ccc(Cl)cc1)C(C#N)=C(N)O2. The van der Waals surface area contributed by atoms with Crippen LogP contribution < -0.4 is 10.5 Å². The van der Waals surface area contributed by atoms with Crippen LogP contribution in [-0.2, 0) is 16.0 Å². The highest BCUT2D eigenvalue weighted by Gasteiger charge is 2.35. The first-order chi connectivity index (χ1) is 12.0. The van der Waals surface area contributed by atoms with Crippen LogP contribution in [0.4, 0.5) is 0 Å². The van der Waals surface area contributed by atoms with E-state index in [0.717, 1.165) is 5.56 Å². The quantitative estimate of drug-likeness (QED) is 0.811. The second-order valence-electron chi connectivity index (χ2n) is 5.38. The second-order valence-corrected chi connectivity index (χ2v) is 5.82. The topological polar surface area (TPSA) is 114 Å². The molecule has 0 saturated carbocycles. The molecular weight excluding hydrogens is 344 g/mol. The largest absolute Gasteiger partial charge is 0.466 e. The molecule has 1 aliphatic heterocycles. The molecule has 1 aromatic carbocycles. The van der Waals surface area contributed by atoms with E-state index in [0.29, 0.717) is 16.3 Å². The third-order valence-corrected chi connectivity index (χ3v) is 4.10. The Kier molecular flexibility index (Phi) is 4.63. The van der Waals surface area contributed by atoms with E-state index < -0.39 is 11.9 Å². The lowest BCUT2D eigenvalue weighted by Crippen LogP contribution is -2.22. The standard InChI is InChI=1S/C17H15ClN4O3/c1-2-24-13(23)7-12-15-14(9-3-5-10(18)6-4-9)11(8-19)16(20)25-17(15)22-21-12/h3-6,14H,2,7,20H2,1H3,(H,21,22)/t14-/m0/s1. The number of rotatable bonds is 4. The molecule has 8 heteroatoms. The van der Waals surface area contributed by atoms with Gasteiger partial charge in [0.1, 0.15) is 11.6 Å². The Morgan fingerprint density at radius 1 is 1.48 bits per heavy atom. The molecule has 0 amide bonds. The summed E-state index contributed by atoms with van der Waals surface area (Å²) in [5, 5.41) is 17.0. The summed E-state index contributed by atoms with van der Waals surface area (Å²) >= 11 is 5.96. The van der Waals surface area contributed by atoms with Gasteiger partial charge in [-0.15, -0.1) is 5.10 Å². The number of benzene rings is 1. The first-order valence-corrected chi connectivity index (χ1v) is 7.98. The van der Waals surface area contributed by atoms with E-state index in [1.165, 1.54) is 0 Å². The van der Waals surface area contributed by atoms with Gasteiger partial charge in [-0.2, -0.15) is 5.26 Å². The van der Waals surface area contributed by atoms with Crippen LogP contribution in [0.15, 0.2) is 35.7 Å². The van der Waals surface area contributed by atoms with Gasteiger partial charge in [0.15, 0.2) is 0 Å². The number of nitrogens with two attached hydrogens (primary N) is 1. The van der Waals surface area contributed by atoms with Crippen molar-refractivity contribution in [2.75, 3.05) is 6.61 Å². The maximum Gasteiger partial charge on any atom is 0.311 e. The smallest absolute Gasteiger partial charge is 0.311 e. The zero-order valence-corrected chi connectivity index (χ0v) is 14.1. The van der Waals surface area contributed by atoms with Crippen molar-refractivity contribution in [3.8, 4) is 11.9 Å². The average Bonchev–Trinajstić information content (AvgIpc) is 2.97. The number of ether oxygens (including phenoxy) is 2. The lowest BCUT2D eigenvalue weighted by atomic mass is 9.83. The van der Waals surface area contributed by atoms with Crippen LogP contribution >= 0.6 is 11.6 Å². The number of aromatic amines is 1. The van der Waals surface area contributed by atoms with Gasteiger partial charge in [-0.3, -0.25) is 9.89 Å². The first-order valence-electron chi connectivity index (χ1n) is 7.61. The highest BCUT2D eigenvalue weighted by atomic mass is 35.5. The summed E-state index contributed by atoms with van der Waals surface area (Å²) in [7, 11) is 0. The van der Waals surface area contributed by atoms with Crippen LogP contribution in [-0.4, -0.2) is 22.8 Å². The van der Waals surface area contributed by atoms with Gasteiger partial charge < -0.3 is 15.2 Å². The molecule has 128 valence electrons. The third-order valence-electron chi connectivity index (χ3n) is 3.85. The van der Waals surface area contributed by atoms with Crippen LogP contribution in [0, 0.1) is 11.3 Å². The number of nitrogens with one attached hydrogen (secondary N) is 1. The molecule has 7 nitrogen and oxygen atoms in total. The summed E-state index contributed by atoms with van der Waals surface area (Å²) < 4.78 is 10.4. The molecule has 2 heterocycles. The fourth-order valence-corrected chi connectivity index (χ4v) is 2.91. The van der Waals surface area contributed by atoms with Crippen molar-refractivity contribution in [2.24, 2.45) is 5.73 Å². The predicted octanol–water partition coefficient (Wildman–Crippen LogP) is 2.39. The Hall–Kier alpha value is -2.98. The lowest BCUT2D eigenvalue weighted by Gasteiger charge is -2.24. The minimum atomic E-state index is -0.505. The Bertz CT molecular complexity index is 880. The summed E-state index contributed by atoms with van der Waals surface area (Å²) in [6.45, 7) is 2.01. The zero-order chi connectivity index (χ0) is 18.0. The van der Waals surface area contributed by atoms with E-state index in [4.69, 9.17) is 26.8 Å². The monoisotopic (exact) mass is 358 g/mol. The number of hydrogen-bond acceptors (Lipinski definition) is 6. The predicted molar refractivity (Wildman–Crippen MR) is 89.7 cm³/mol. The molecule has 0 bridgehead atoms. The number of nitrogens with zero attached hydrogens (tertiary/aromatic N) is 2. The highest BCUT2D eigenvalue weighted by Crippen LogP contribution is 2.43. The molecule has 25 heavy (non-hydrogen) atoms. The summed E-state index contributed by atoms with van der Waals surface area (Å²) in [6, 6.07) is 9.14. The lowest BCUT2D eigenvalue weighted by molar-refractivity contribution is -0.142. The van der Waals surface area contributed by atoms with Crippen molar-refractivity contribution in [2.45, 2.75) is 19.3 Å². The van der Waals surface area contributed by atoms with Crippen LogP contribution in [0.3, 0.4) is 0 Å². The first kappa shape index (κ1) is 16.9. The normalized spacial score (nSPS) is 16.0. The number of fused-ring (bicyclic) bond motifs is 1. The van der Waals surface area contributed by atoms with Crippen LogP contribution in [0.5, 0.6) is 5.88 Å². The number of aromatic nitrogens is 2. The number of hydrogen-bond donors (Lipinski definition) is 2. The number of halogens is 1. The molecule has 0 fully saturated rings. The molecule has 1 atom stereocenters. The van der Waals surface area contributed by atoms with Crippen molar-refractivity contribution < 1.29 is 14.3 Å². The van der Waals surface area contributed by atoms with Gasteiger partial charge in [0, 0.05) is 5.02 Å². The van der Waals surface area contributed by atoms with Crippen molar-refractivity contribution >= 4 is 17.6 Å². The van der Waals surface area contributed by atoms with Crippen LogP contribution in [0.1, 0.15) is 29.7 Å². The van der Waals surface area contributed by atoms with E-state index in [9.17, 15) is 10.1 Å². The van der Waals surface area contributed by atoms with Gasteiger partial charge in [-0.25, -0.2) is 0 Å². The highest BCUT2D eigenvalue weighted by molar-refractivity contribution is 6.30. The van der Waals surface area contributed by atoms with E-state index in [2.05, 4.69) is 16.3 Å². The Morgan fingerprint density at radius 2 is 2.20 bits per heavy atom. The molecule has 0 unspecified atom stereocenters. The van der Waals surface area contributed by atoms with Crippen molar-refractivity contribution in [3.05, 3.63) is 57.6 Å². The molecule has 0 saturated heterocycles. The van der Waals surface area contributed by atoms with Gasteiger partial charge >= 0.3 is 5.97 Å². The molecule has 2 aromatic rings. The number of carbonyl (C=O) groups excluding carboxylic acids is 1. The summed E-state index contributed by atoms with van der Waals surface area (Å²) in [5.74, 6) is -0.668. The van der Waals surface area contributed by atoms with E-state index in [1.54, 1.807) is 31.2 Å². The van der Waals surface area contributed by atoms with Gasteiger partial charge in [-0.1, -0.05) is 23.7 Å². The molecule has 1 aliphatic rings. The molecule has 3 N–H and O–H groups in total. The second kappa shape index (κ2) is 6.87. The van der Waals surface area contributed by atoms with Gasteiger partial charge in [0.05, 0.1) is 30.2 Å². The number of allylic oxidation sites excluding steroid dienone is 1. The van der Waals surface area contributed by atoms with Gasteiger partial charge in [-0.05, 0) is 24.6 Å². The van der Waals surface area contributed by atoms with Crippen molar-refractivity contribution in [3.63, 3.8) is 0 Å². The number of esters is 1. The van der Waals surface area contributed by atoms with Crippen molar-refractivity contribution in [1.82, 2.24) is 10.2 Å². The van der Waals surface area contributed by atoms with Crippen LogP contribution in [0.2, 0.25) is 5.02 Å². The van der Waals surface area contributed by atoms with E-state index >= 15 is 0 Å². The fourth-order valence-electron chi connectivity index (χ4n) is 2.79.